The zero-order chi connectivity index (χ0) is 46.7. The number of rotatable bonds is 45. The van der Waals surface area contributed by atoms with Crippen LogP contribution in [0.25, 0.3) is 0 Å². The van der Waals surface area contributed by atoms with Crippen molar-refractivity contribution in [3.8, 4) is 0 Å². The minimum Gasteiger partial charge on any atom is -0.466 e. The van der Waals surface area contributed by atoms with Gasteiger partial charge in [0.25, 0.3) is 0 Å². The number of esters is 1. The van der Waals surface area contributed by atoms with Gasteiger partial charge < -0.3 is 45.1 Å². The highest BCUT2D eigenvalue weighted by molar-refractivity contribution is 5.76. The first-order chi connectivity index (χ1) is 31.2. The van der Waals surface area contributed by atoms with Crippen LogP contribution in [0.1, 0.15) is 239 Å². The number of hydrogen-bond acceptors (Lipinski definition) is 10. The van der Waals surface area contributed by atoms with Crippen LogP contribution in [0.2, 0.25) is 0 Å². The largest absolute Gasteiger partial charge is 0.466 e. The van der Waals surface area contributed by atoms with E-state index in [-0.39, 0.29) is 18.5 Å². The Morgan fingerprint density at radius 2 is 1.00 bits per heavy atom. The average molecular weight is 910 g/mol. The van der Waals surface area contributed by atoms with Crippen molar-refractivity contribution < 1.29 is 49.3 Å². The molecule has 11 heteroatoms. The first-order valence-electron chi connectivity index (χ1n) is 26.6. The summed E-state index contributed by atoms with van der Waals surface area (Å²) in [6.45, 7) is 4.26. The van der Waals surface area contributed by atoms with Gasteiger partial charge in [-0.15, -0.1) is 0 Å². The smallest absolute Gasteiger partial charge is 0.305 e. The van der Waals surface area contributed by atoms with Gasteiger partial charge in [-0.05, 0) is 57.8 Å². The van der Waals surface area contributed by atoms with E-state index >= 15 is 0 Å². The third kappa shape index (κ3) is 33.6. The number of carbonyl (C=O) groups excluding carboxylic acids is 2. The van der Waals surface area contributed by atoms with Crippen molar-refractivity contribution in [2.24, 2.45) is 0 Å². The van der Waals surface area contributed by atoms with Gasteiger partial charge in [-0.1, -0.05) is 192 Å². The number of aliphatic hydroxyl groups excluding tert-OH is 5. The number of aliphatic hydroxyl groups is 5. The van der Waals surface area contributed by atoms with Crippen molar-refractivity contribution >= 4 is 11.9 Å². The molecule has 0 aromatic carbocycles. The molecule has 1 heterocycles. The number of carbonyl (C=O) groups is 2. The van der Waals surface area contributed by atoms with Crippen LogP contribution in [-0.4, -0.2) is 100 Å². The van der Waals surface area contributed by atoms with E-state index in [2.05, 4.69) is 31.3 Å². The van der Waals surface area contributed by atoms with Crippen LogP contribution >= 0.6 is 0 Å². The Labute approximate surface area is 391 Å². The normalized spacial score (nSPS) is 20.0. The van der Waals surface area contributed by atoms with Gasteiger partial charge in [0.15, 0.2) is 6.29 Å². The lowest BCUT2D eigenvalue weighted by Crippen LogP contribution is -2.60. The zero-order valence-corrected chi connectivity index (χ0v) is 41.0. The summed E-state index contributed by atoms with van der Waals surface area (Å²) in [6, 6.07) is -0.819. The lowest BCUT2D eigenvalue weighted by molar-refractivity contribution is -0.302. The second-order valence-corrected chi connectivity index (χ2v) is 18.6. The van der Waals surface area contributed by atoms with E-state index in [0.29, 0.717) is 19.4 Å². The number of amides is 1. The summed E-state index contributed by atoms with van der Waals surface area (Å²) >= 11 is 0. The second-order valence-electron chi connectivity index (χ2n) is 18.6. The Bertz CT molecular complexity index is 1120. The molecule has 1 saturated heterocycles. The minimum absolute atomic E-state index is 0.0301. The Morgan fingerprint density at radius 3 is 1.50 bits per heavy atom. The Balaban J connectivity index is 2.15. The summed E-state index contributed by atoms with van der Waals surface area (Å²) in [7, 11) is 0. The highest BCUT2D eigenvalue weighted by atomic mass is 16.7. The molecule has 0 aliphatic carbocycles. The van der Waals surface area contributed by atoms with Crippen LogP contribution in [0.5, 0.6) is 0 Å². The van der Waals surface area contributed by atoms with Crippen molar-refractivity contribution in [3.63, 3.8) is 0 Å². The second kappa shape index (κ2) is 43.7. The topological polar surface area (TPSA) is 175 Å². The molecule has 1 aliphatic heterocycles. The Hall–Kier alpha value is -1.86. The molecular weight excluding hydrogens is 811 g/mol. The molecule has 7 atom stereocenters. The number of unbranched alkanes of at least 4 members (excludes halogenated alkanes) is 29. The molecule has 0 radical (unpaired) electrons. The van der Waals surface area contributed by atoms with Gasteiger partial charge in [0.1, 0.15) is 24.4 Å². The first kappa shape index (κ1) is 60.2. The summed E-state index contributed by atoms with van der Waals surface area (Å²) in [6.07, 6.45) is 39.7. The maximum absolute atomic E-state index is 13.0. The third-order valence-corrected chi connectivity index (χ3v) is 12.6. The lowest BCUT2D eigenvalue weighted by atomic mass is 9.99. The van der Waals surface area contributed by atoms with Crippen molar-refractivity contribution in [1.29, 1.82) is 0 Å². The van der Waals surface area contributed by atoms with Gasteiger partial charge in [0.05, 0.1) is 32.0 Å². The summed E-state index contributed by atoms with van der Waals surface area (Å²) in [5, 5.41) is 54.1. The fourth-order valence-electron chi connectivity index (χ4n) is 8.25. The van der Waals surface area contributed by atoms with Gasteiger partial charge in [-0.2, -0.15) is 0 Å². The molecule has 0 saturated carbocycles. The molecule has 0 spiro atoms. The summed E-state index contributed by atoms with van der Waals surface area (Å²) < 4.78 is 16.6. The lowest BCUT2D eigenvalue weighted by Gasteiger charge is -2.40. The molecule has 1 amide bonds. The monoisotopic (exact) mass is 910 g/mol. The van der Waals surface area contributed by atoms with E-state index in [9.17, 15) is 35.1 Å². The van der Waals surface area contributed by atoms with Gasteiger partial charge in [0, 0.05) is 12.8 Å². The summed E-state index contributed by atoms with van der Waals surface area (Å²) in [5.41, 5.74) is 0. The molecule has 11 nitrogen and oxygen atoms in total. The molecule has 1 aliphatic rings. The maximum Gasteiger partial charge on any atom is 0.305 e. The zero-order valence-electron chi connectivity index (χ0n) is 41.0. The molecule has 1 fully saturated rings. The quantitative estimate of drug-likeness (QED) is 0.0196. The maximum atomic E-state index is 13.0. The molecular formula is C53H99NO10. The summed E-state index contributed by atoms with van der Waals surface area (Å²) in [5.74, 6) is -0.229. The van der Waals surface area contributed by atoms with Crippen LogP contribution in [0.3, 0.4) is 0 Å². The molecule has 0 aromatic heterocycles. The highest BCUT2D eigenvalue weighted by Crippen LogP contribution is 2.23. The van der Waals surface area contributed by atoms with Gasteiger partial charge >= 0.3 is 5.97 Å². The minimum atomic E-state index is -1.57. The van der Waals surface area contributed by atoms with Crippen molar-refractivity contribution in [2.75, 3.05) is 19.8 Å². The summed E-state index contributed by atoms with van der Waals surface area (Å²) in [4.78, 5) is 25.0. The van der Waals surface area contributed by atoms with E-state index in [1.165, 1.54) is 128 Å². The van der Waals surface area contributed by atoms with Gasteiger partial charge in [-0.3, -0.25) is 9.59 Å². The van der Waals surface area contributed by atoms with E-state index in [1.807, 2.05) is 6.08 Å². The molecule has 1 rings (SSSR count). The van der Waals surface area contributed by atoms with Crippen molar-refractivity contribution in [3.05, 3.63) is 24.3 Å². The molecule has 0 aromatic rings. The molecule has 6 N–H and O–H groups in total. The SMILES string of the molecule is CCCCCCCCCC/C=C/C(O)C(COC1OC(CO)C(O)C(O)C1O)NC(=O)CCCCCCCCC/C=C\CCCCCCOC(=O)CCCCCCCCCCCCC. The van der Waals surface area contributed by atoms with Crippen LogP contribution in [-0.2, 0) is 23.8 Å². The predicted molar refractivity (Wildman–Crippen MR) is 260 cm³/mol. The highest BCUT2D eigenvalue weighted by Gasteiger charge is 2.44. The van der Waals surface area contributed by atoms with Gasteiger partial charge in [0.2, 0.25) is 5.91 Å². The van der Waals surface area contributed by atoms with E-state index in [4.69, 9.17) is 14.2 Å². The number of hydrogen-bond donors (Lipinski definition) is 6. The van der Waals surface area contributed by atoms with Crippen LogP contribution in [0.15, 0.2) is 24.3 Å². The average Bonchev–Trinajstić information content (AvgIpc) is 3.29. The Kier molecular flexibility index (Phi) is 41.1. The molecule has 376 valence electrons. The van der Waals surface area contributed by atoms with Gasteiger partial charge in [-0.25, -0.2) is 0 Å². The molecule has 7 unspecified atom stereocenters. The third-order valence-electron chi connectivity index (χ3n) is 12.6. The van der Waals surface area contributed by atoms with E-state index in [0.717, 1.165) is 83.5 Å². The molecule has 64 heavy (non-hydrogen) atoms. The predicted octanol–water partition coefficient (Wildman–Crippen LogP) is 11.0. The van der Waals surface area contributed by atoms with Crippen LogP contribution in [0, 0.1) is 0 Å². The Morgan fingerprint density at radius 1 is 0.562 bits per heavy atom. The van der Waals surface area contributed by atoms with Crippen molar-refractivity contribution in [2.45, 2.75) is 281 Å². The standard InChI is InChI=1S/C53H99NO10/c1-3-5-7-9-11-13-20-25-29-33-37-41-49(58)62-42-38-34-30-26-22-19-17-15-16-18-21-24-28-32-36-40-48(57)54-45(44-63-53-52(61)51(60)50(59)47(43-55)64-53)46(56)39-35-31-27-23-14-12-10-8-6-4-2/h17,19,35,39,45-47,50-53,55-56,59-61H,3-16,18,20-34,36-38,40-44H2,1-2H3,(H,54,57)/b19-17-,39-35+. The van der Waals surface area contributed by atoms with Crippen LogP contribution in [0.4, 0.5) is 0 Å². The number of allylic oxidation sites excluding steroid dienone is 3. The molecule has 0 bridgehead atoms. The fourth-order valence-corrected chi connectivity index (χ4v) is 8.25. The number of ether oxygens (including phenoxy) is 3. The first-order valence-corrected chi connectivity index (χ1v) is 26.6. The van der Waals surface area contributed by atoms with E-state index < -0.39 is 49.5 Å². The van der Waals surface area contributed by atoms with Crippen LogP contribution < -0.4 is 5.32 Å². The van der Waals surface area contributed by atoms with E-state index in [1.54, 1.807) is 6.08 Å². The van der Waals surface area contributed by atoms with Crippen molar-refractivity contribution in [1.82, 2.24) is 5.32 Å². The number of nitrogens with one attached hydrogen (secondary N) is 1. The fraction of sp³-hybridized carbons (Fsp3) is 0.887.